The highest BCUT2D eigenvalue weighted by atomic mass is 28.4. The van der Waals surface area contributed by atoms with Crippen LogP contribution in [0.1, 0.15) is 53.5 Å². The predicted molar refractivity (Wildman–Crippen MR) is 175 cm³/mol. The van der Waals surface area contributed by atoms with Crippen molar-refractivity contribution in [1.82, 2.24) is 5.06 Å². The fourth-order valence-electron chi connectivity index (χ4n) is 4.95. The van der Waals surface area contributed by atoms with Crippen LogP contribution in [-0.4, -0.2) is 88.0 Å². The Kier molecular flexibility index (Phi) is 9.99. The number of carbonyl (C=O) groups excluding carboxylic acids is 2. The summed E-state index contributed by atoms with van der Waals surface area (Å²) in [5.41, 5.74) is -2.97. The largest absolute Gasteiger partial charge is 0.414 e. The molecule has 1 aliphatic carbocycles. The first kappa shape index (κ1) is 36.2. The van der Waals surface area contributed by atoms with Crippen molar-refractivity contribution in [2.24, 2.45) is 0 Å². The van der Waals surface area contributed by atoms with Gasteiger partial charge >= 0.3 is 0 Å². The van der Waals surface area contributed by atoms with Crippen molar-refractivity contribution in [2.45, 2.75) is 140 Å². The molecule has 5 atom stereocenters. The molecular weight excluding hydrogens is 599 g/mol. The minimum Gasteiger partial charge on any atom is -0.414 e. The number of hydrogen-bond donors (Lipinski definition) is 2. The van der Waals surface area contributed by atoms with Crippen LogP contribution in [0.5, 0.6) is 0 Å². The number of rotatable bonds is 10. The van der Waals surface area contributed by atoms with Gasteiger partial charge in [-0.15, -0.1) is 0 Å². The van der Waals surface area contributed by atoms with E-state index in [0.717, 1.165) is 10.6 Å². The van der Waals surface area contributed by atoms with Crippen LogP contribution in [0.15, 0.2) is 30.3 Å². The molecule has 0 bridgehead atoms. The lowest BCUT2D eigenvalue weighted by molar-refractivity contribution is -0.304. The zero-order valence-electron chi connectivity index (χ0n) is 28.5. The molecule has 1 unspecified atom stereocenters. The summed E-state index contributed by atoms with van der Waals surface area (Å²) < 4.78 is 20.3. The van der Waals surface area contributed by atoms with Gasteiger partial charge in [-0.3, -0.25) is 14.4 Å². The summed E-state index contributed by atoms with van der Waals surface area (Å²) in [6.07, 6.45) is -4.38. The van der Waals surface area contributed by atoms with Gasteiger partial charge in [0.15, 0.2) is 36.3 Å². The van der Waals surface area contributed by atoms with Gasteiger partial charge in [-0.2, -0.15) is 0 Å². The van der Waals surface area contributed by atoms with Gasteiger partial charge in [0.05, 0.1) is 13.0 Å². The highest BCUT2D eigenvalue weighted by Crippen LogP contribution is 2.51. The Morgan fingerprint density at radius 3 is 1.86 bits per heavy atom. The average Bonchev–Trinajstić information content (AvgIpc) is 2.85. The summed E-state index contributed by atoms with van der Waals surface area (Å²) in [6.45, 7) is 26.4. The van der Waals surface area contributed by atoms with E-state index in [9.17, 15) is 19.8 Å². The molecular formula is C31H55NO8Si3. The van der Waals surface area contributed by atoms with Gasteiger partial charge < -0.3 is 23.5 Å². The first-order valence-electron chi connectivity index (χ1n) is 15.2. The molecule has 0 aromatic heterocycles. The quantitative estimate of drug-likeness (QED) is 0.255. The molecule has 1 amide bonds. The third-order valence-corrected chi connectivity index (χ3v) is 19.7. The summed E-state index contributed by atoms with van der Waals surface area (Å²) in [5, 5.41) is 25.0. The molecule has 244 valence electrons. The number of amides is 1. The number of carbonyl (C=O) groups is 2. The number of nitrogens with zero attached hydrogens (tertiary/aromatic N) is 1. The molecule has 1 aromatic rings. The van der Waals surface area contributed by atoms with Crippen molar-refractivity contribution in [1.29, 1.82) is 0 Å². The first-order valence-corrected chi connectivity index (χ1v) is 24.5. The molecule has 1 saturated carbocycles. The number of ketones is 1. The smallest absolute Gasteiger partial charge is 0.250 e. The Morgan fingerprint density at radius 2 is 1.40 bits per heavy atom. The van der Waals surface area contributed by atoms with Crippen molar-refractivity contribution >= 4 is 36.6 Å². The molecule has 9 nitrogen and oxygen atoms in total. The van der Waals surface area contributed by atoms with E-state index in [1.807, 2.05) is 50.0 Å². The summed E-state index contributed by atoms with van der Waals surface area (Å²) in [4.78, 5) is 33.6. The molecule has 0 radical (unpaired) electrons. The normalized spacial score (nSPS) is 29.3. The van der Waals surface area contributed by atoms with E-state index in [1.54, 1.807) is 0 Å². The summed E-state index contributed by atoms with van der Waals surface area (Å²) >= 11 is 0. The standard InChI is InChI=1S/C31H55NO8Si3/c1-28(2,3)42(10,11)38-21-31(36)25(35)24(34)30(19-23(33)32(30)37-20-22-17-15-14-16-18-22)26(39-41(7,8)9)27(31)40-43(12,13)29(4,5)6/h14-18,25-27,35-36H,19-21H2,1-13H3/t25?,26-,27+,30-,31+/m1/s1. The topological polar surface area (TPSA) is 115 Å². The van der Waals surface area contributed by atoms with Crippen LogP contribution in [0.4, 0.5) is 0 Å². The monoisotopic (exact) mass is 653 g/mol. The Balaban J connectivity index is 2.18. The van der Waals surface area contributed by atoms with Crippen LogP contribution in [0.25, 0.3) is 0 Å². The van der Waals surface area contributed by atoms with E-state index in [0.29, 0.717) is 0 Å². The number of aliphatic hydroxyl groups is 2. The predicted octanol–water partition coefficient (Wildman–Crippen LogP) is 5.40. The van der Waals surface area contributed by atoms with Crippen molar-refractivity contribution in [3.63, 3.8) is 0 Å². The molecule has 43 heavy (non-hydrogen) atoms. The fourth-order valence-corrected chi connectivity index (χ4v) is 8.37. The van der Waals surface area contributed by atoms with Gasteiger partial charge in [0.2, 0.25) is 5.91 Å². The van der Waals surface area contributed by atoms with Gasteiger partial charge in [0.25, 0.3) is 0 Å². The Labute approximate surface area is 261 Å². The van der Waals surface area contributed by atoms with E-state index in [1.165, 1.54) is 0 Å². The second-order valence-corrected chi connectivity index (χ2v) is 30.3. The van der Waals surface area contributed by atoms with Gasteiger partial charge in [0, 0.05) is 0 Å². The molecule has 2 aliphatic rings. The van der Waals surface area contributed by atoms with Gasteiger partial charge in [-0.05, 0) is 61.5 Å². The molecule has 2 N–H and O–H groups in total. The molecule has 1 aliphatic heterocycles. The Morgan fingerprint density at radius 1 is 0.860 bits per heavy atom. The number of β-lactam (4-membered cyclic amide) rings is 1. The molecule has 12 heteroatoms. The number of aliphatic hydroxyl groups excluding tert-OH is 1. The number of benzene rings is 1. The Hall–Kier alpha value is -1.23. The van der Waals surface area contributed by atoms with Crippen LogP contribution in [-0.2, 0) is 34.3 Å². The summed E-state index contributed by atoms with van der Waals surface area (Å²) in [5.74, 6) is -1.12. The lowest BCUT2D eigenvalue weighted by Gasteiger charge is -2.62. The van der Waals surface area contributed by atoms with Crippen LogP contribution < -0.4 is 0 Å². The number of hydrogen-bond acceptors (Lipinski definition) is 8. The lowest BCUT2D eigenvalue weighted by atomic mass is 9.63. The van der Waals surface area contributed by atoms with Crippen molar-refractivity contribution < 1.29 is 37.9 Å². The van der Waals surface area contributed by atoms with Crippen molar-refractivity contribution in [2.75, 3.05) is 6.61 Å². The van der Waals surface area contributed by atoms with Crippen LogP contribution in [0.3, 0.4) is 0 Å². The third kappa shape index (κ3) is 6.97. The zero-order chi connectivity index (χ0) is 33.0. The number of Topliss-reactive ketones (excluding diaryl/α,β-unsaturated/α-hetero) is 1. The van der Waals surface area contributed by atoms with Crippen molar-refractivity contribution in [3.05, 3.63) is 35.9 Å². The second kappa shape index (κ2) is 11.8. The molecule has 2 fully saturated rings. The molecule has 1 spiro atoms. The summed E-state index contributed by atoms with van der Waals surface area (Å²) in [6, 6.07) is 9.35. The van der Waals surface area contributed by atoms with Crippen molar-refractivity contribution in [3.8, 4) is 0 Å². The lowest BCUT2D eigenvalue weighted by Crippen LogP contribution is -2.86. The van der Waals surface area contributed by atoms with Crippen LogP contribution >= 0.6 is 0 Å². The highest BCUT2D eigenvalue weighted by Gasteiger charge is 2.75. The summed E-state index contributed by atoms with van der Waals surface area (Å²) in [7, 11) is -7.55. The molecule has 1 heterocycles. The van der Waals surface area contributed by atoms with E-state index in [2.05, 4.69) is 67.7 Å². The molecule has 1 saturated heterocycles. The fraction of sp³-hybridized carbons (Fsp3) is 0.742. The maximum Gasteiger partial charge on any atom is 0.250 e. The van der Waals surface area contributed by atoms with Crippen LogP contribution in [0.2, 0.25) is 55.9 Å². The Bertz CT molecular complexity index is 1170. The van der Waals surface area contributed by atoms with E-state index in [4.69, 9.17) is 18.1 Å². The zero-order valence-corrected chi connectivity index (χ0v) is 31.5. The third-order valence-electron chi connectivity index (χ3n) is 9.78. The minimum atomic E-state index is -2.66. The van der Waals surface area contributed by atoms with Crippen LogP contribution in [0, 0.1) is 0 Å². The number of hydroxylamine groups is 2. The van der Waals surface area contributed by atoms with E-state index >= 15 is 0 Å². The molecule has 1 aromatic carbocycles. The minimum absolute atomic E-state index is 0.0455. The van der Waals surface area contributed by atoms with E-state index < -0.39 is 66.1 Å². The SMILES string of the molecule is CC(C)(C)[Si](C)(C)OC[C@]1(O)C(O)C(=O)[C@]2(CC(=O)N2OCc2ccccc2)[C@H](O[Si](C)(C)C)[C@@H]1O[Si](C)(C)C(C)(C)C. The molecule has 3 rings (SSSR count). The first-order chi connectivity index (χ1) is 19.3. The van der Waals surface area contributed by atoms with Gasteiger partial charge in [-0.25, -0.2) is 5.06 Å². The van der Waals surface area contributed by atoms with E-state index in [-0.39, 0.29) is 29.7 Å². The maximum absolute atomic E-state index is 14.4. The second-order valence-electron chi connectivity index (χ2n) is 16.3. The highest BCUT2D eigenvalue weighted by molar-refractivity contribution is 6.74. The van der Waals surface area contributed by atoms with Gasteiger partial charge in [0.1, 0.15) is 30.5 Å². The van der Waals surface area contributed by atoms with Gasteiger partial charge in [-0.1, -0.05) is 71.9 Å². The maximum atomic E-state index is 14.4. The average molecular weight is 654 g/mol.